The van der Waals surface area contributed by atoms with E-state index in [0.29, 0.717) is 42.3 Å². The Morgan fingerprint density at radius 3 is 2.29 bits per heavy atom. The zero-order valence-electron chi connectivity index (χ0n) is 18.2. The minimum absolute atomic E-state index is 0.0160. The van der Waals surface area contributed by atoms with Gasteiger partial charge in [-0.15, -0.1) is 0 Å². The molecule has 3 aromatic rings. The van der Waals surface area contributed by atoms with Crippen molar-refractivity contribution < 1.29 is 14.3 Å². The highest BCUT2D eigenvalue weighted by Crippen LogP contribution is 2.22. The minimum atomic E-state index is -0.261. The summed E-state index contributed by atoms with van der Waals surface area (Å²) in [6, 6.07) is 22.2. The molecule has 0 aliphatic carbocycles. The number of hydrogen-bond acceptors (Lipinski definition) is 3. The number of para-hydroxylation sites is 1. The summed E-state index contributed by atoms with van der Waals surface area (Å²) >= 11 is 0. The summed E-state index contributed by atoms with van der Waals surface area (Å²) in [4.78, 5) is 27.1. The van der Waals surface area contributed by atoms with Gasteiger partial charge in [-0.2, -0.15) is 0 Å². The molecule has 0 spiro atoms. The summed E-state index contributed by atoms with van der Waals surface area (Å²) in [6.07, 6.45) is 0. The SMILES string of the molecule is CCN(CC)C(=O)c1ccc(NC(=O)c2ccccc2OCc2cccc(C)c2)cc1. The van der Waals surface area contributed by atoms with Crippen LogP contribution in [-0.4, -0.2) is 29.8 Å². The van der Waals surface area contributed by atoms with Gasteiger partial charge in [-0.1, -0.05) is 42.0 Å². The van der Waals surface area contributed by atoms with Crippen molar-refractivity contribution in [2.75, 3.05) is 18.4 Å². The normalized spacial score (nSPS) is 10.4. The number of carbonyl (C=O) groups excluding carboxylic acids is 2. The molecule has 0 heterocycles. The van der Waals surface area contributed by atoms with Crippen LogP contribution in [0.3, 0.4) is 0 Å². The number of aryl methyl sites for hydroxylation is 1. The van der Waals surface area contributed by atoms with Gasteiger partial charge >= 0.3 is 0 Å². The lowest BCUT2D eigenvalue weighted by molar-refractivity contribution is 0.0773. The first-order valence-electron chi connectivity index (χ1n) is 10.5. The van der Waals surface area contributed by atoms with Gasteiger partial charge in [-0.05, 0) is 62.7 Å². The zero-order valence-corrected chi connectivity index (χ0v) is 18.2. The Morgan fingerprint density at radius 1 is 0.903 bits per heavy atom. The third kappa shape index (κ3) is 5.72. The number of nitrogens with one attached hydrogen (secondary N) is 1. The molecule has 0 bridgehead atoms. The zero-order chi connectivity index (χ0) is 22.2. The highest BCUT2D eigenvalue weighted by atomic mass is 16.5. The molecular formula is C26H28N2O3. The average molecular weight is 417 g/mol. The van der Waals surface area contributed by atoms with Crippen molar-refractivity contribution in [3.05, 3.63) is 95.1 Å². The van der Waals surface area contributed by atoms with Gasteiger partial charge in [-0.25, -0.2) is 0 Å². The summed E-state index contributed by atoms with van der Waals surface area (Å²) in [6.45, 7) is 7.64. The lowest BCUT2D eigenvalue weighted by atomic mass is 10.1. The molecule has 5 heteroatoms. The van der Waals surface area contributed by atoms with Crippen LogP contribution in [0.4, 0.5) is 5.69 Å². The van der Waals surface area contributed by atoms with Crippen LogP contribution < -0.4 is 10.1 Å². The maximum atomic E-state index is 12.9. The molecule has 5 nitrogen and oxygen atoms in total. The molecular weight excluding hydrogens is 388 g/mol. The van der Waals surface area contributed by atoms with E-state index in [1.165, 1.54) is 0 Å². The van der Waals surface area contributed by atoms with Crippen molar-refractivity contribution in [2.45, 2.75) is 27.4 Å². The van der Waals surface area contributed by atoms with E-state index in [4.69, 9.17) is 4.74 Å². The third-order valence-electron chi connectivity index (χ3n) is 5.05. The predicted molar refractivity (Wildman–Crippen MR) is 124 cm³/mol. The highest BCUT2D eigenvalue weighted by molar-refractivity contribution is 6.06. The Morgan fingerprint density at radius 2 is 1.61 bits per heavy atom. The van der Waals surface area contributed by atoms with Gasteiger partial charge in [0, 0.05) is 24.3 Å². The molecule has 0 radical (unpaired) electrons. The smallest absolute Gasteiger partial charge is 0.259 e. The molecule has 3 rings (SSSR count). The van der Waals surface area contributed by atoms with Gasteiger partial charge in [0.2, 0.25) is 0 Å². The van der Waals surface area contributed by atoms with Gasteiger partial charge < -0.3 is 15.0 Å². The van der Waals surface area contributed by atoms with E-state index in [0.717, 1.165) is 11.1 Å². The van der Waals surface area contributed by atoms with Gasteiger partial charge in [0.05, 0.1) is 5.56 Å². The fourth-order valence-electron chi connectivity index (χ4n) is 3.33. The molecule has 0 fully saturated rings. The van der Waals surface area contributed by atoms with E-state index in [1.807, 2.05) is 45.0 Å². The fourth-order valence-corrected chi connectivity index (χ4v) is 3.33. The van der Waals surface area contributed by atoms with E-state index in [1.54, 1.807) is 47.4 Å². The molecule has 0 unspecified atom stereocenters. The Hall–Kier alpha value is -3.60. The third-order valence-corrected chi connectivity index (χ3v) is 5.05. The van der Waals surface area contributed by atoms with E-state index in [9.17, 15) is 9.59 Å². The maximum Gasteiger partial charge on any atom is 0.259 e. The second kappa shape index (κ2) is 10.4. The van der Waals surface area contributed by atoms with Crippen LogP contribution in [0.2, 0.25) is 0 Å². The van der Waals surface area contributed by atoms with Crippen molar-refractivity contribution in [2.24, 2.45) is 0 Å². The molecule has 0 aliphatic heterocycles. The van der Waals surface area contributed by atoms with Crippen molar-refractivity contribution in [3.63, 3.8) is 0 Å². The van der Waals surface area contributed by atoms with Crippen LogP contribution in [0.25, 0.3) is 0 Å². The van der Waals surface area contributed by atoms with Crippen LogP contribution in [0.5, 0.6) is 5.75 Å². The van der Waals surface area contributed by atoms with Gasteiger partial charge in [0.25, 0.3) is 11.8 Å². The summed E-state index contributed by atoms with van der Waals surface area (Å²) in [5.41, 5.74) is 3.88. The Balaban J connectivity index is 1.69. The van der Waals surface area contributed by atoms with Crippen LogP contribution in [-0.2, 0) is 6.61 Å². The molecule has 160 valence electrons. The second-order valence-electron chi connectivity index (χ2n) is 7.28. The molecule has 31 heavy (non-hydrogen) atoms. The van der Waals surface area contributed by atoms with Crippen molar-refractivity contribution in [3.8, 4) is 5.75 Å². The lowest BCUT2D eigenvalue weighted by Crippen LogP contribution is -2.30. The number of rotatable bonds is 8. The fraction of sp³-hybridized carbons (Fsp3) is 0.231. The quantitative estimate of drug-likeness (QED) is 0.541. The van der Waals surface area contributed by atoms with Crippen LogP contribution in [0, 0.1) is 6.92 Å². The molecule has 0 aromatic heterocycles. The largest absolute Gasteiger partial charge is 0.488 e. The van der Waals surface area contributed by atoms with E-state index in [-0.39, 0.29) is 11.8 Å². The standard InChI is InChI=1S/C26H28N2O3/c1-4-28(5-2)26(30)21-13-15-22(16-14-21)27-25(29)23-11-6-7-12-24(23)31-18-20-10-8-9-19(3)17-20/h6-17H,4-5,18H2,1-3H3,(H,27,29). The first kappa shape index (κ1) is 22.1. The van der Waals surface area contributed by atoms with Crippen LogP contribution >= 0.6 is 0 Å². The minimum Gasteiger partial charge on any atom is -0.488 e. The number of anilines is 1. The van der Waals surface area contributed by atoms with Gasteiger partial charge in [0.15, 0.2) is 0 Å². The van der Waals surface area contributed by atoms with Gasteiger partial charge in [0.1, 0.15) is 12.4 Å². The highest BCUT2D eigenvalue weighted by Gasteiger charge is 2.15. The molecule has 0 saturated heterocycles. The van der Waals surface area contributed by atoms with Crippen LogP contribution in [0.15, 0.2) is 72.8 Å². The Kier molecular flexibility index (Phi) is 7.44. The summed E-state index contributed by atoms with van der Waals surface area (Å²) in [7, 11) is 0. The number of benzene rings is 3. The predicted octanol–water partition coefficient (Wildman–Crippen LogP) is 5.31. The van der Waals surface area contributed by atoms with E-state index < -0.39 is 0 Å². The second-order valence-corrected chi connectivity index (χ2v) is 7.28. The number of nitrogens with zero attached hydrogens (tertiary/aromatic N) is 1. The average Bonchev–Trinajstić information content (AvgIpc) is 2.79. The molecule has 0 aliphatic rings. The van der Waals surface area contributed by atoms with Gasteiger partial charge in [-0.3, -0.25) is 9.59 Å². The lowest BCUT2D eigenvalue weighted by Gasteiger charge is -2.18. The number of hydrogen-bond donors (Lipinski definition) is 1. The molecule has 0 saturated carbocycles. The summed E-state index contributed by atoms with van der Waals surface area (Å²) in [5, 5.41) is 2.89. The van der Waals surface area contributed by atoms with Crippen molar-refractivity contribution >= 4 is 17.5 Å². The van der Waals surface area contributed by atoms with E-state index >= 15 is 0 Å². The van der Waals surface area contributed by atoms with Crippen molar-refractivity contribution in [1.29, 1.82) is 0 Å². The van der Waals surface area contributed by atoms with Crippen LogP contribution in [0.1, 0.15) is 45.7 Å². The molecule has 3 aromatic carbocycles. The number of ether oxygens (including phenoxy) is 1. The summed E-state index contributed by atoms with van der Waals surface area (Å²) in [5.74, 6) is 0.246. The number of amides is 2. The topological polar surface area (TPSA) is 58.6 Å². The first-order valence-corrected chi connectivity index (χ1v) is 10.5. The Labute approximate surface area is 183 Å². The molecule has 1 N–H and O–H groups in total. The summed E-state index contributed by atoms with van der Waals surface area (Å²) < 4.78 is 5.93. The first-order chi connectivity index (χ1) is 15.0. The van der Waals surface area contributed by atoms with E-state index in [2.05, 4.69) is 11.4 Å². The number of carbonyl (C=O) groups is 2. The maximum absolute atomic E-state index is 12.9. The molecule has 0 atom stereocenters. The van der Waals surface area contributed by atoms with Crippen molar-refractivity contribution in [1.82, 2.24) is 4.90 Å². The molecule has 2 amide bonds. The monoisotopic (exact) mass is 416 g/mol. The Bertz CT molecular complexity index is 1040.